The van der Waals surface area contributed by atoms with E-state index in [0.29, 0.717) is 57.8 Å². The Balaban J connectivity index is 1.02. The number of hydrogen-bond donors (Lipinski definition) is 2. The molecule has 1 amide bonds. The lowest BCUT2D eigenvalue weighted by molar-refractivity contribution is 0.102. The van der Waals surface area contributed by atoms with E-state index in [9.17, 15) is 9.90 Å². The molecule has 0 fully saturated rings. The van der Waals surface area contributed by atoms with Crippen molar-refractivity contribution in [3.8, 4) is 28.7 Å². The summed E-state index contributed by atoms with van der Waals surface area (Å²) in [6.07, 6.45) is 15.3. The van der Waals surface area contributed by atoms with Crippen LogP contribution in [0.5, 0.6) is 28.7 Å². The van der Waals surface area contributed by atoms with Gasteiger partial charge in [0.25, 0.3) is 5.91 Å². The van der Waals surface area contributed by atoms with Crippen LogP contribution < -0.4 is 19.5 Å². The molecule has 0 atom stereocenters. The third-order valence-corrected chi connectivity index (χ3v) is 11.2. The zero-order valence-corrected chi connectivity index (χ0v) is 34.5. The summed E-state index contributed by atoms with van der Waals surface area (Å²) in [5.74, 6) is 2.53. The smallest absolute Gasteiger partial charge is 0.259 e. The molecule has 11 heteroatoms. The summed E-state index contributed by atoms with van der Waals surface area (Å²) in [5.41, 5.74) is 2.78. The molecular weight excluding hydrogens is 747 g/mol. The second-order valence-electron chi connectivity index (χ2n) is 14.5. The van der Waals surface area contributed by atoms with Gasteiger partial charge in [0.05, 0.1) is 31.5 Å². The van der Waals surface area contributed by atoms with Gasteiger partial charge < -0.3 is 24.6 Å². The highest BCUT2D eigenvalue weighted by molar-refractivity contribution is 7.98. The molecule has 0 spiro atoms. The maximum Gasteiger partial charge on any atom is 0.259 e. The van der Waals surface area contributed by atoms with Gasteiger partial charge >= 0.3 is 0 Å². The number of benzene rings is 5. The molecule has 0 radical (unpaired) electrons. The molecule has 6 rings (SSSR count). The van der Waals surface area contributed by atoms with E-state index in [-0.39, 0.29) is 11.3 Å². The minimum atomic E-state index is -0.462. The van der Waals surface area contributed by atoms with Crippen molar-refractivity contribution >= 4 is 34.1 Å². The van der Waals surface area contributed by atoms with Crippen molar-refractivity contribution in [1.82, 2.24) is 20.2 Å². The highest BCUT2D eigenvalue weighted by Crippen LogP contribution is 2.39. The molecule has 6 aromatic rings. The number of fused-ring (bicyclic) bond motifs is 1. The maximum atomic E-state index is 13.8. The zero-order valence-electron chi connectivity index (χ0n) is 33.7. The summed E-state index contributed by atoms with van der Waals surface area (Å²) < 4.78 is 19.6. The highest BCUT2D eigenvalue weighted by Gasteiger charge is 2.20. The summed E-state index contributed by atoms with van der Waals surface area (Å²) in [4.78, 5) is 13.8. The number of aromatic nitrogens is 4. The Morgan fingerprint density at radius 2 is 1.34 bits per heavy atom. The molecule has 58 heavy (non-hydrogen) atoms. The van der Waals surface area contributed by atoms with Crippen LogP contribution in [-0.2, 0) is 12.3 Å². The summed E-state index contributed by atoms with van der Waals surface area (Å²) in [6.45, 7) is 3.38. The average molecular weight is 802 g/mol. The fourth-order valence-corrected chi connectivity index (χ4v) is 7.66. The number of nitrogens with zero attached hydrogens (tertiary/aromatic N) is 4. The lowest BCUT2D eigenvalue weighted by Crippen LogP contribution is -2.13. The largest absolute Gasteiger partial charge is 0.506 e. The number of methoxy groups -OCH3 is 1. The number of thioether (sulfide) groups is 1. The third-order valence-electron chi connectivity index (χ3n) is 10.1. The van der Waals surface area contributed by atoms with Gasteiger partial charge in [-0.15, -0.1) is 5.10 Å². The molecule has 0 saturated heterocycles. The van der Waals surface area contributed by atoms with Gasteiger partial charge in [0.15, 0.2) is 0 Å². The number of amides is 1. The van der Waals surface area contributed by atoms with Crippen molar-refractivity contribution in [2.75, 3.05) is 19.0 Å². The topological polar surface area (TPSA) is 121 Å². The van der Waals surface area contributed by atoms with Crippen molar-refractivity contribution in [2.45, 2.75) is 101 Å². The first-order chi connectivity index (χ1) is 28.5. The van der Waals surface area contributed by atoms with Gasteiger partial charge in [-0.3, -0.25) is 4.79 Å². The molecule has 0 unspecified atom stereocenters. The predicted octanol–water partition coefficient (Wildman–Crippen LogP) is 12.0. The van der Waals surface area contributed by atoms with Crippen molar-refractivity contribution in [2.24, 2.45) is 0 Å². The van der Waals surface area contributed by atoms with Gasteiger partial charge in [0.2, 0.25) is 5.16 Å². The van der Waals surface area contributed by atoms with E-state index < -0.39 is 5.91 Å². The Bertz CT molecular complexity index is 2170. The lowest BCUT2D eigenvalue weighted by Gasteiger charge is -2.16. The number of para-hydroxylation sites is 2. The third kappa shape index (κ3) is 12.2. The van der Waals surface area contributed by atoms with Gasteiger partial charge in [-0.25, -0.2) is 4.68 Å². The molecule has 304 valence electrons. The van der Waals surface area contributed by atoms with Crippen molar-refractivity contribution in [1.29, 1.82) is 0 Å². The second kappa shape index (κ2) is 22.4. The van der Waals surface area contributed by atoms with Gasteiger partial charge in [-0.05, 0) is 70.4 Å². The Morgan fingerprint density at radius 3 is 2.05 bits per heavy atom. The van der Waals surface area contributed by atoms with Crippen LogP contribution in [0.25, 0.3) is 10.8 Å². The molecule has 0 aliphatic rings. The van der Waals surface area contributed by atoms with Crippen LogP contribution in [0.3, 0.4) is 0 Å². The minimum absolute atomic E-state index is 0.102. The number of phenolic OH excluding ortho intramolecular Hbond substituents is 1. The molecule has 5 aromatic carbocycles. The molecule has 0 bridgehead atoms. The fourth-order valence-electron chi connectivity index (χ4n) is 6.83. The van der Waals surface area contributed by atoms with Gasteiger partial charge in [0, 0.05) is 16.5 Å². The first-order valence-electron chi connectivity index (χ1n) is 20.6. The van der Waals surface area contributed by atoms with E-state index in [0.717, 1.165) is 29.7 Å². The molecule has 0 saturated carbocycles. The number of rotatable bonds is 24. The monoisotopic (exact) mass is 801 g/mol. The number of phenols is 1. The van der Waals surface area contributed by atoms with E-state index >= 15 is 0 Å². The normalized spacial score (nSPS) is 11.1. The van der Waals surface area contributed by atoms with Crippen molar-refractivity contribution in [3.05, 3.63) is 120 Å². The predicted molar refractivity (Wildman–Crippen MR) is 233 cm³/mol. The highest BCUT2D eigenvalue weighted by atomic mass is 32.2. The molecule has 1 aromatic heterocycles. The Hall–Kier alpha value is -5.55. The zero-order chi connectivity index (χ0) is 40.4. The van der Waals surface area contributed by atoms with Crippen LogP contribution in [0.4, 0.5) is 5.69 Å². The summed E-state index contributed by atoms with van der Waals surface area (Å²) >= 11 is 1.55. The number of tetrazole rings is 1. The number of carbonyl (C=O) groups excluding carboxylic acids is 1. The summed E-state index contributed by atoms with van der Waals surface area (Å²) in [7, 11) is 1.65. The van der Waals surface area contributed by atoms with Crippen LogP contribution in [0, 0.1) is 0 Å². The molecule has 0 aliphatic carbocycles. The molecule has 0 aliphatic heterocycles. The quantitative estimate of drug-likeness (QED) is 0.0455. The summed E-state index contributed by atoms with van der Waals surface area (Å²) in [5, 5.41) is 28.5. The van der Waals surface area contributed by atoms with Gasteiger partial charge in [0.1, 0.15) is 28.7 Å². The van der Waals surface area contributed by atoms with Gasteiger partial charge in [-0.2, -0.15) is 0 Å². The van der Waals surface area contributed by atoms with E-state index in [1.54, 1.807) is 35.7 Å². The fraction of sp³-hybridized carbons (Fsp3) is 0.362. The van der Waals surface area contributed by atoms with Crippen molar-refractivity contribution in [3.63, 3.8) is 0 Å². The number of unbranched alkanes of at least 4 members (excludes halogenated alkanes) is 11. The van der Waals surface area contributed by atoms with E-state index in [1.165, 1.54) is 64.2 Å². The number of hydrogen-bond acceptors (Lipinski definition) is 9. The van der Waals surface area contributed by atoms with Crippen LogP contribution in [0.15, 0.2) is 108 Å². The summed E-state index contributed by atoms with van der Waals surface area (Å²) in [6, 6.07) is 32.0. The Kier molecular flexibility index (Phi) is 16.3. The maximum absolute atomic E-state index is 13.8. The van der Waals surface area contributed by atoms with Crippen LogP contribution in [0.1, 0.15) is 105 Å². The number of ether oxygens (including phenoxy) is 3. The molecule has 10 nitrogen and oxygen atoms in total. The van der Waals surface area contributed by atoms with Gasteiger partial charge in [-0.1, -0.05) is 150 Å². The van der Waals surface area contributed by atoms with E-state index in [1.807, 2.05) is 91.0 Å². The van der Waals surface area contributed by atoms with Crippen LogP contribution in [0.2, 0.25) is 0 Å². The molecule has 1 heterocycles. The van der Waals surface area contributed by atoms with Crippen LogP contribution in [-0.4, -0.2) is 44.9 Å². The van der Waals surface area contributed by atoms with E-state index in [4.69, 9.17) is 14.2 Å². The number of nitrogens with one attached hydrogen (secondary N) is 1. The lowest BCUT2D eigenvalue weighted by atomic mass is 10.0. The standard InChI is InChI=1S/C47H55N5O5S/c1-3-4-5-6-7-8-9-10-11-12-13-18-31-56-43-22-17-16-21-42(43)48-46(54)41-32-44(39-19-14-15-20-40(39)45(41)53)57-38-29-25-36(26-30-38)34-58-47-49-50-51-52(47)33-35-23-27-37(55-2)28-24-35/h14-17,19-30,32,53H,3-13,18,31,33-34H2,1-2H3,(H,48,54). The molecule has 2 N–H and O–H groups in total. The number of carbonyl (C=O) groups is 1. The SMILES string of the molecule is CCCCCCCCCCCCCCOc1ccccc1NC(=O)c1cc(Oc2ccc(CSc3nnnn3Cc3ccc(OC)cc3)cc2)c2ccccc2c1O. The molecular formula is C47H55N5O5S. The number of aromatic hydroxyl groups is 1. The Labute approximate surface area is 346 Å². The average Bonchev–Trinajstić information content (AvgIpc) is 3.70. The second-order valence-corrected chi connectivity index (χ2v) is 15.4. The first-order valence-corrected chi connectivity index (χ1v) is 21.6. The van der Waals surface area contributed by atoms with Crippen molar-refractivity contribution < 1.29 is 24.1 Å². The Morgan fingerprint density at radius 1 is 0.724 bits per heavy atom. The van der Waals surface area contributed by atoms with Crippen LogP contribution >= 0.6 is 11.8 Å². The minimum Gasteiger partial charge on any atom is -0.506 e. The first kappa shape index (κ1) is 42.1. The number of anilines is 1. The van der Waals surface area contributed by atoms with E-state index in [2.05, 4.69) is 27.8 Å².